The van der Waals surface area contributed by atoms with Crippen LogP contribution in [-0.4, -0.2) is 46.4 Å². The molecule has 6 nitrogen and oxygen atoms in total. The van der Waals surface area contributed by atoms with E-state index in [9.17, 15) is 8.42 Å². The van der Waals surface area contributed by atoms with Crippen molar-refractivity contribution in [3.63, 3.8) is 0 Å². The third-order valence-electron chi connectivity index (χ3n) is 4.54. The number of hydrogen-bond acceptors (Lipinski definition) is 4. The van der Waals surface area contributed by atoms with Gasteiger partial charge in [-0.25, -0.2) is 8.42 Å². The summed E-state index contributed by atoms with van der Waals surface area (Å²) in [5.41, 5.74) is 1.17. The number of rotatable bonds is 12. The number of guanidine groups is 1. The summed E-state index contributed by atoms with van der Waals surface area (Å²) in [4.78, 5) is 4.84. The summed E-state index contributed by atoms with van der Waals surface area (Å²) in [5, 5.41) is 6.46. The third-order valence-corrected chi connectivity index (χ3v) is 6.35. The molecule has 0 bridgehead atoms. The van der Waals surface area contributed by atoms with Gasteiger partial charge in [0.15, 0.2) is 15.8 Å². The fraction of sp³-hybridized carbons (Fsp3) is 0.435. The van der Waals surface area contributed by atoms with Crippen LogP contribution in [0, 0.1) is 0 Å². The first-order chi connectivity index (χ1) is 14.5. The van der Waals surface area contributed by atoms with E-state index in [0.717, 1.165) is 19.5 Å². The molecule has 0 spiro atoms. The smallest absolute Gasteiger partial charge is 0.191 e. The van der Waals surface area contributed by atoms with Crippen molar-refractivity contribution in [1.82, 2.24) is 10.6 Å². The summed E-state index contributed by atoms with van der Waals surface area (Å²) in [7, 11) is -3.25. The van der Waals surface area contributed by atoms with E-state index in [2.05, 4.69) is 34.7 Å². The fourth-order valence-electron chi connectivity index (χ4n) is 2.89. The SMILES string of the molecule is CCNC(=NCCCS(=O)(=O)c1ccccc1)NCCCOC(C)c1ccccc1.I. The molecule has 0 aliphatic rings. The molecule has 31 heavy (non-hydrogen) atoms. The average Bonchev–Trinajstić information content (AvgIpc) is 2.77. The first-order valence-electron chi connectivity index (χ1n) is 10.5. The molecule has 0 aliphatic carbocycles. The van der Waals surface area contributed by atoms with Gasteiger partial charge in [-0.15, -0.1) is 24.0 Å². The van der Waals surface area contributed by atoms with Crippen LogP contribution in [0.4, 0.5) is 0 Å². The standard InChI is InChI=1S/C23H33N3O3S.HI/c1-3-24-23(25-16-10-18-29-20(2)21-12-6-4-7-13-21)26-17-11-19-30(27,28)22-14-8-5-9-15-22;/h4-9,12-15,20H,3,10-11,16-19H2,1-2H3,(H2,24,25,26);1H. The molecule has 0 heterocycles. The van der Waals surface area contributed by atoms with E-state index >= 15 is 0 Å². The number of halogens is 1. The minimum absolute atomic E-state index is 0. The fourth-order valence-corrected chi connectivity index (χ4v) is 4.21. The maximum absolute atomic E-state index is 12.3. The molecule has 2 N–H and O–H groups in total. The zero-order chi connectivity index (χ0) is 21.7. The number of sulfone groups is 1. The van der Waals surface area contributed by atoms with Gasteiger partial charge < -0.3 is 15.4 Å². The summed E-state index contributed by atoms with van der Waals surface area (Å²) in [5.74, 6) is 0.788. The van der Waals surface area contributed by atoms with Crippen LogP contribution in [0.1, 0.15) is 38.4 Å². The Kier molecular flexibility index (Phi) is 13.4. The first kappa shape index (κ1) is 27.4. The molecule has 0 aliphatic heterocycles. The Morgan fingerprint density at radius 3 is 2.29 bits per heavy atom. The van der Waals surface area contributed by atoms with E-state index in [4.69, 9.17) is 4.74 Å². The molecule has 0 saturated heterocycles. The van der Waals surface area contributed by atoms with E-state index < -0.39 is 9.84 Å². The second kappa shape index (κ2) is 15.2. The maximum Gasteiger partial charge on any atom is 0.191 e. The van der Waals surface area contributed by atoms with Crippen LogP contribution in [0.3, 0.4) is 0 Å². The van der Waals surface area contributed by atoms with Crippen molar-refractivity contribution in [3.05, 3.63) is 66.2 Å². The van der Waals surface area contributed by atoms with Crippen LogP contribution in [0.2, 0.25) is 0 Å². The highest BCUT2D eigenvalue weighted by Gasteiger charge is 2.12. The van der Waals surface area contributed by atoms with Crippen LogP contribution < -0.4 is 10.6 Å². The van der Waals surface area contributed by atoms with E-state index in [1.807, 2.05) is 31.2 Å². The molecular weight excluding hydrogens is 525 g/mol. The van der Waals surface area contributed by atoms with E-state index in [-0.39, 0.29) is 35.8 Å². The van der Waals surface area contributed by atoms with Gasteiger partial charge in [-0.2, -0.15) is 0 Å². The van der Waals surface area contributed by atoms with Gasteiger partial charge in [0.25, 0.3) is 0 Å². The first-order valence-corrected chi connectivity index (χ1v) is 12.1. The van der Waals surface area contributed by atoms with Crippen LogP contribution in [-0.2, 0) is 14.6 Å². The third kappa shape index (κ3) is 10.5. The van der Waals surface area contributed by atoms with Gasteiger partial charge in [-0.1, -0.05) is 48.5 Å². The molecule has 0 amide bonds. The molecule has 0 saturated carbocycles. The van der Waals surface area contributed by atoms with E-state index in [0.29, 0.717) is 30.4 Å². The number of benzene rings is 2. The summed E-state index contributed by atoms with van der Waals surface area (Å²) < 4.78 is 30.5. The average molecular weight is 560 g/mol. The molecule has 2 aromatic rings. The maximum atomic E-state index is 12.3. The normalized spacial score (nSPS) is 12.6. The van der Waals surface area contributed by atoms with Crippen molar-refractivity contribution < 1.29 is 13.2 Å². The Morgan fingerprint density at radius 2 is 1.65 bits per heavy atom. The molecule has 2 aromatic carbocycles. The van der Waals surface area contributed by atoms with Gasteiger partial charge >= 0.3 is 0 Å². The lowest BCUT2D eigenvalue weighted by Crippen LogP contribution is -2.38. The van der Waals surface area contributed by atoms with Gasteiger partial charge in [0.1, 0.15) is 0 Å². The molecule has 0 fully saturated rings. The monoisotopic (exact) mass is 559 g/mol. The quantitative estimate of drug-likeness (QED) is 0.177. The number of ether oxygens (including phenoxy) is 1. The van der Waals surface area contributed by atoms with Crippen molar-refractivity contribution in [1.29, 1.82) is 0 Å². The van der Waals surface area contributed by atoms with Gasteiger partial charge in [0.05, 0.1) is 16.8 Å². The molecule has 2 rings (SSSR count). The van der Waals surface area contributed by atoms with Crippen LogP contribution in [0.5, 0.6) is 0 Å². The highest BCUT2D eigenvalue weighted by molar-refractivity contribution is 14.0. The molecule has 0 aromatic heterocycles. The lowest BCUT2D eigenvalue weighted by Gasteiger charge is -2.14. The minimum atomic E-state index is -3.25. The zero-order valence-electron chi connectivity index (χ0n) is 18.3. The van der Waals surface area contributed by atoms with Crippen LogP contribution >= 0.6 is 24.0 Å². The topological polar surface area (TPSA) is 79.8 Å². The minimum Gasteiger partial charge on any atom is -0.374 e. The Bertz CT molecular complexity index is 862. The number of nitrogens with zero attached hydrogens (tertiary/aromatic N) is 1. The summed E-state index contributed by atoms with van der Waals surface area (Å²) in [6.45, 7) is 6.63. The molecular formula is C23H34IN3O3S. The van der Waals surface area contributed by atoms with Crippen molar-refractivity contribution in [3.8, 4) is 0 Å². The molecule has 172 valence electrons. The zero-order valence-corrected chi connectivity index (χ0v) is 21.4. The van der Waals surface area contributed by atoms with Gasteiger partial charge in [0, 0.05) is 26.2 Å². The lowest BCUT2D eigenvalue weighted by atomic mass is 10.1. The Balaban J connectivity index is 0.00000480. The Hall–Kier alpha value is -1.65. The van der Waals surface area contributed by atoms with Crippen molar-refractivity contribution in [2.24, 2.45) is 4.99 Å². The van der Waals surface area contributed by atoms with Gasteiger partial charge in [-0.05, 0) is 44.4 Å². The summed E-state index contributed by atoms with van der Waals surface area (Å²) in [6, 6.07) is 18.7. The van der Waals surface area contributed by atoms with E-state index in [1.54, 1.807) is 24.3 Å². The molecule has 8 heteroatoms. The largest absolute Gasteiger partial charge is 0.374 e. The second-order valence-electron chi connectivity index (χ2n) is 6.95. The summed E-state index contributed by atoms with van der Waals surface area (Å²) >= 11 is 0. The second-order valence-corrected chi connectivity index (χ2v) is 9.06. The molecule has 1 atom stereocenters. The number of nitrogens with one attached hydrogen (secondary N) is 2. The van der Waals surface area contributed by atoms with Crippen LogP contribution in [0.15, 0.2) is 70.6 Å². The highest BCUT2D eigenvalue weighted by atomic mass is 127. The molecule has 1 unspecified atom stereocenters. The Labute approximate surface area is 203 Å². The highest BCUT2D eigenvalue weighted by Crippen LogP contribution is 2.15. The lowest BCUT2D eigenvalue weighted by molar-refractivity contribution is 0.0646. The summed E-state index contributed by atoms with van der Waals surface area (Å²) in [6.07, 6.45) is 1.40. The Morgan fingerprint density at radius 1 is 1.00 bits per heavy atom. The van der Waals surface area contributed by atoms with Crippen molar-refractivity contribution >= 4 is 39.8 Å². The van der Waals surface area contributed by atoms with Crippen molar-refractivity contribution in [2.75, 3.05) is 32.0 Å². The van der Waals surface area contributed by atoms with Crippen LogP contribution in [0.25, 0.3) is 0 Å². The van der Waals surface area contributed by atoms with Crippen molar-refractivity contribution in [2.45, 2.75) is 37.7 Å². The number of aliphatic imine (C=N–C) groups is 1. The van der Waals surface area contributed by atoms with Gasteiger partial charge in [-0.3, -0.25) is 4.99 Å². The van der Waals surface area contributed by atoms with E-state index in [1.165, 1.54) is 5.56 Å². The van der Waals surface area contributed by atoms with Gasteiger partial charge in [0.2, 0.25) is 0 Å². The number of hydrogen-bond donors (Lipinski definition) is 2. The predicted octanol–water partition coefficient (Wildman–Crippen LogP) is 4.19. The predicted molar refractivity (Wildman–Crippen MR) is 138 cm³/mol. The molecule has 0 radical (unpaired) electrons.